The topological polar surface area (TPSA) is 945 Å². The zero-order valence-corrected chi connectivity index (χ0v) is 74.7. The standard InChI is InChI=1S/2C13H24BN5O6S.3C13H22BN5O6S/c1-18-6-4-10(11(18)15)17-26(24,25)19-7-9(3-2-5-14(22)23)13(16,8-19)12(20)21;1-18-6-10(15)11(7-18)17-26(24,25)19-5-9(3-2-4-14(22)23)13(16,8-19)12(20)21;15-11-10(4-2-6-17-11)18-26(24,25)19-7-9(3-1-5-14(22)23)13(16,8-19)12(20)21;15-10-4-2-6-17-11(10)18-26(24,25)19-7-9(3-1-5-14(22)23)13(16,8-19)12(20)21;15-10-3-5-17-6-11(10)18-26(24,25)19-7-9(2-1-4-14(22)23)13(16,8-19)12(20)21/h4,6,9,17,22-23H,2-3,5,7-8,15-16H2,1H3,(H,20,21);6-7,9,17,22-23H,2-5,8,15-16H2,1H3,(H,20,21);2,4,6,9,18,22-23H,1,3,5,7-8,16H2,(H2,15,17)(H,20,21);2,4,6,9,22-23H,1,3,5,7-8,15-16H2,(H,17,18)(H,20,21);3,5-6,9,18,22-23H,1-2,4,7-8,16H2,(H2,15,17)(H,20,21)/t5*9-,13-/m00000/s1. The molecule has 0 aliphatic carbocycles. The quantitative estimate of drug-likeness (QED) is 0.0162. The van der Waals surface area contributed by atoms with Crippen LogP contribution in [0.1, 0.15) is 64.2 Å². The van der Waals surface area contributed by atoms with Crippen molar-refractivity contribution in [3.8, 4) is 0 Å². The molecule has 0 radical (unpaired) electrons. The van der Waals surface area contributed by atoms with Crippen molar-refractivity contribution in [2.75, 3.05) is 118 Å². The maximum absolute atomic E-state index is 12.6. The maximum Gasteiger partial charge on any atom is 0.451 e. The molecule has 5 aliphatic heterocycles. The summed E-state index contributed by atoms with van der Waals surface area (Å²) in [5.74, 6) is -9.77. The molecule has 40 N–H and O–H groups in total. The summed E-state index contributed by atoms with van der Waals surface area (Å²) in [6, 6.07) is 8.88. The van der Waals surface area contributed by atoms with E-state index in [0.29, 0.717) is 32.1 Å². The lowest BCUT2D eigenvalue weighted by Gasteiger charge is -2.25. The number of nitrogen functional groups attached to an aromatic ring is 5. The number of carbonyl (C=O) groups is 5. The molecule has 10 atom stereocenters. The Balaban J connectivity index is 0.000000250. The number of nitrogens with one attached hydrogen (secondary N) is 5. The minimum absolute atomic E-state index is 0.0130. The Morgan fingerprint density at radius 3 is 0.962 bits per heavy atom. The van der Waals surface area contributed by atoms with Crippen LogP contribution in [-0.4, -0.2) is 322 Å². The average Bonchev–Trinajstić information content (AvgIpc) is 1.66. The molecule has 5 aromatic rings. The molecule has 5 saturated heterocycles. The number of nitrogens with two attached hydrogens (primary N) is 10. The van der Waals surface area contributed by atoms with Gasteiger partial charge < -0.3 is 142 Å². The largest absolute Gasteiger partial charge is 0.480 e. The Bertz CT molecular complexity index is 4920. The second kappa shape index (κ2) is 45.4. The van der Waals surface area contributed by atoms with E-state index in [0.717, 1.165) is 21.5 Å². The van der Waals surface area contributed by atoms with Gasteiger partial charge in [0.25, 0.3) is 0 Å². The van der Waals surface area contributed by atoms with Crippen molar-refractivity contribution in [3.05, 3.63) is 79.8 Å². The number of anilines is 10. The SMILES string of the molecule is Cn1cc(N)c(NS(=O)(=O)N2C[C@H](CCCB(O)O)[C@](N)(C(=O)O)C2)c1.Cn1ccc(NS(=O)(=O)N2C[C@H](CCCB(O)O)[C@](N)(C(=O)O)C2)c1N.Nc1cccnc1NS(=O)(=O)N1C[C@H](CCCB(O)O)[C@](N)(C(=O)O)C1.Nc1ccncc1NS(=O)(=O)N1C[C@H](CCCB(O)O)[C@](N)(C(=O)O)C1.Nc1ncccc1NS(=O)(=O)N1C[C@H](CCCB(O)O)[C@](N)(C(=O)O)C1. The molecule has 0 unspecified atom stereocenters. The normalized spacial score (nSPS) is 23.8. The molecule has 5 fully saturated rings. The Kier molecular flexibility index (Phi) is 38.2. The van der Waals surface area contributed by atoms with Gasteiger partial charge >= 0.3 is 116 Å². The summed E-state index contributed by atoms with van der Waals surface area (Å²) < 4.78 is 145. The van der Waals surface area contributed by atoms with Gasteiger partial charge in [-0.3, -0.25) is 52.6 Å². The van der Waals surface area contributed by atoms with Gasteiger partial charge in [-0.1, -0.05) is 32.1 Å². The van der Waals surface area contributed by atoms with Crippen LogP contribution in [-0.2, 0) is 89.1 Å². The fourth-order valence-electron chi connectivity index (χ4n) is 14.9. The number of aryl methyl sites for hydroxylation is 2. The van der Waals surface area contributed by atoms with E-state index in [1.165, 1.54) is 72.1 Å². The van der Waals surface area contributed by atoms with Crippen LogP contribution < -0.4 is 80.9 Å². The molecule has 724 valence electrons. The third-order valence-electron chi connectivity index (χ3n) is 22.5. The highest BCUT2D eigenvalue weighted by Crippen LogP contribution is 2.40. The first-order valence-electron chi connectivity index (χ1n) is 39.8. The lowest BCUT2D eigenvalue weighted by molar-refractivity contribution is -0.145. The summed E-state index contributed by atoms with van der Waals surface area (Å²) >= 11 is 0. The summed E-state index contributed by atoms with van der Waals surface area (Å²) in [7, 11) is -24.6. The molecule has 5 aromatic heterocycles. The van der Waals surface area contributed by atoms with Crippen molar-refractivity contribution in [1.82, 2.24) is 45.6 Å². The predicted molar refractivity (Wildman–Crippen MR) is 478 cm³/mol. The number of aromatic nitrogens is 5. The molecule has 55 nitrogen and oxygen atoms in total. The van der Waals surface area contributed by atoms with Gasteiger partial charge in [0.05, 0.1) is 46.0 Å². The van der Waals surface area contributed by atoms with E-state index in [2.05, 4.69) is 38.6 Å². The molecule has 0 bridgehead atoms. The van der Waals surface area contributed by atoms with Gasteiger partial charge in [-0.05, 0) is 100 Å². The first kappa shape index (κ1) is 109. The van der Waals surface area contributed by atoms with Gasteiger partial charge in [-0.2, -0.15) is 63.6 Å². The van der Waals surface area contributed by atoms with E-state index >= 15 is 0 Å². The van der Waals surface area contributed by atoms with Gasteiger partial charge in [-0.15, -0.1) is 0 Å². The second-order valence-electron chi connectivity index (χ2n) is 32.1. The first-order valence-corrected chi connectivity index (χ1v) is 47.0. The number of hydrogen-bond donors (Lipinski definition) is 30. The Hall–Kier alpha value is -9.37. The van der Waals surface area contributed by atoms with Gasteiger partial charge in [0, 0.05) is 146 Å². The van der Waals surface area contributed by atoms with Crippen molar-refractivity contribution < 1.29 is 142 Å². The second-order valence-corrected chi connectivity index (χ2v) is 40.5. The Morgan fingerprint density at radius 2 is 0.685 bits per heavy atom. The zero-order chi connectivity index (χ0) is 98.0. The van der Waals surface area contributed by atoms with Gasteiger partial charge in [0.2, 0.25) is 0 Å². The van der Waals surface area contributed by atoms with Crippen LogP contribution in [0.4, 0.5) is 57.3 Å². The molecule has 0 aromatic carbocycles. The zero-order valence-electron chi connectivity index (χ0n) is 70.6. The fourth-order valence-corrected chi connectivity index (χ4v) is 21.5. The highest BCUT2D eigenvalue weighted by Gasteiger charge is 2.58. The lowest BCUT2D eigenvalue weighted by atomic mass is 9.78. The number of aliphatic carboxylic acids is 5. The van der Waals surface area contributed by atoms with Crippen molar-refractivity contribution in [1.29, 1.82) is 0 Å². The van der Waals surface area contributed by atoms with E-state index in [9.17, 15) is 91.6 Å². The summed E-state index contributed by atoms with van der Waals surface area (Å²) in [5.41, 5.74) is 50.7. The van der Waals surface area contributed by atoms with Crippen LogP contribution >= 0.6 is 0 Å². The number of rotatable bonds is 40. The van der Waals surface area contributed by atoms with E-state index in [1.807, 2.05) is 0 Å². The summed E-state index contributed by atoms with van der Waals surface area (Å²) in [6.07, 6.45) is 13.0. The number of pyridine rings is 3. The fraction of sp³-hybridized carbons (Fsp3) is 0.569. The maximum atomic E-state index is 12.6. The predicted octanol–water partition coefficient (Wildman–Crippen LogP) is -8.68. The summed E-state index contributed by atoms with van der Waals surface area (Å²) in [5, 5.41) is 137. The first-order chi connectivity index (χ1) is 60.1. The van der Waals surface area contributed by atoms with Gasteiger partial charge in [0.1, 0.15) is 39.3 Å². The van der Waals surface area contributed by atoms with E-state index in [4.69, 9.17) is 108 Å². The number of hydrogen-bond acceptors (Lipinski definition) is 38. The minimum Gasteiger partial charge on any atom is -0.480 e. The van der Waals surface area contributed by atoms with Gasteiger partial charge in [-0.25, -0.2) is 9.97 Å². The average molecular weight is 1940 g/mol. The summed E-state index contributed by atoms with van der Waals surface area (Å²) in [6.45, 7) is -2.55. The molecule has 0 saturated carbocycles. The number of carboxylic acids is 5. The molecule has 65 heteroatoms. The van der Waals surface area contributed by atoms with Crippen molar-refractivity contribution >= 4 is 174 Å². The van der Waals surface area contributed by atoms with Gasteiger partial charge in [0.15, 0.2) is 5.82 Å². The van der Waals surface area contributed by atoms with E-state index in [-0.39, 0.29) is 154 Å². The molecule has 10 heterocycles. The van der Waals surface area contributed by atoms with Crippen LogP contribution in [0.2, 0.25) is 31.6 Å². The van der Waals surface area contributed by atoms with Crippen LogP contribution in [0, 0.1) is 29.6 Å². The Labute approximate surface area is 750 Å². The van der Waals surface area contributed by atoms with Crippen LogP contribution in [0.15, 0.2) is 79.8 Å². The van der Waals surface area contributed by atoms with E-state index < -0.39 is 206 Å². The monoisotopic (exact) mass is 1940 g/mol. The summed E-state index contributed by atoms with van der Waals surface area (Å²) in [4.78, 5) is 69.5. The lowest BCUT2D eigenvalue weighted by Crippen LogP contribution is -2.55. The minimum atomic E-state index is -4.12. The van der Waals surface area contributed by atoms with Crippen molar-refractivity contribution in [2.24, 2.45) is 72.4 Å². The number of nitrogens with zero attached hydrogens (tertiary/aromatic N) is 10. The van der Waals surface area contributed by atoms with Crippen LogP contribution in [0.5, 0.6) is 0 Å². The molecular formula is C65H114B5N25O30S5. The molecule has 0 amide bonds. The van der Waals surface area contributed by atoms with E-state index in [1.54, 1.807) is 30.9 Å². The highest BCUT2D eigenvalue weighted by molar-refractivity contribution is 7.91. The molecule has 5 aliphatic rings. The van der Waals surface area contributed by atoms with Crippen molar-refractivity contribution in [2.45, 2.75) is 124 Å². The van der Waals surface area contributed by atoms with Crippen LogP contribution in [0.3, 0.4) is 0 Å². The molecule has 10 rings (SSSR count). The third kappa shape index (κ3) is 28.8. The number of carboxylic acid groups (broad SMARTS) is 5. The molecular weight excluding hydrogens is 1830 g/mol. The molecule has 130 heavy (non-hydrogen) atoms. The van der Waals surface area contributed by atoms with Crippen molar-refractivity contribution in [3.63, 3.8) is 0 Å². The third-order valence-corrected chi connectivity index (χ3v) is 29.7. The highest BCUT2D eigenvalue weighted by atomic mass is 32.2. The molecule has 0 spiro atoms. The van der Waals surface area contributed by atoms with Crippen LogP contribution in [0.25, 0.3) is 0 Å². The smallest absolute Gasteiger partial charge is 0.451 e. The Morgan fingerprint density at radius 1 is 0.385 bits per heavy atom.